The monoisotopic (exact) mass is 358 g/mol. The number of hydrogen-bond acceptors (Lipinski definition) is 4. The molecule has 0 atom stereocenters. The van der Waals surface area contributed by atoms with Crippen molar-refractivity contribution in [2.24, 2.45) is 0 Å². The molecule has 134 valence electrons. The van der Waals surface area contributed by atoms with Gasteiger partial charge in [0.1, 0.15) is 0 Å². The summed E-state index contributed by atoms with van der Waals surface area (Å²) in [6.07, 6.45) is -12.8. The SMILES string of the molecule is CCO[Si](OCC)(OCC)OC(CC)(C(F)(F)F)C(F)(F)F. The van der Waals surface area contributed by atoms with Crippen LogP contribution in [0.2, 0.25) is 0 Å². The van der Waals surface area contributed by atoms with Crippen LogP contribution in [0.25, 0.3) is 0 Å². The predicted octanol–water partition coefficient (Wildman–Crippen LogP) is 3.82. The van der Waals surface area contributed by atoms with Crippen LogP contribution in [0.1, 0.15) is 34.1 Å². The van der Waals surface area contributed by atoms with E-state index in [0.717, 1.165) is 6.92 Å². The molecule has 0 amide bonds. The molecule has 0 aliphatic heterocycles. The predicted molar refractivity (Wildman–Crippen MR) is 66.8 cm³/mol. The quantitative estimate of drug-likeness (QED) is 0.464. The maximum atomic E-state index is 13.1. The van der Waals surface area contributed by atoms with E-state index in [4.69, 9.17) is 13.3 Å². The summed E-state index contributed by atoms with van der Waals surface area (Å²) < 4.78 is 98.0. The highest BCUT2D eigenvalue weighted by atomic mass is 28.4. The van der Waals surface area contributed by atoms with Crippen LogP contribution in [0.4, 0.5) is 26.3 Å². The van der Waals surface area contributed by atoms with Gasteiger partial charge in [-0.3, -0.25) is 0 Å². The van der Waals surface area contributed by atoms with Gasteiger partial charge in [0.05, 0.1) is 0 Å². The Kier molecular flexibility index (Phi) is 7.82. The zero-order valence-corrected chi connectivity index (χ0v) is 13.7. The van der Waals surface area contributed by atoms with Gasteiger partial charge in [-0.05, 0) is 27.2 Å². The Balaban J connectivity index is 5.93. The molecule has 0 aromatic carbocycles. The molecule has 0 aromatic rings. The molecule has 11 heteroatoms. The second-order valence-electron chi connectivity index (χ2n) is 4.08. The second kappa shape index (κ2) is 7.95. The largest absolute Gasteiger partial charge is 0.680 e. The van der Waals surface area contributed by atoms with Gasteiger partial charge < -0.3 is 17.7 Å². The Bertz CT molecular complexity index is 303. The van der Waals surface area contributed by atoms with Crippen LogP contribution in [0, 0.1) is 0 Å². The zero-order valence-electron chi connectivity index (χ0n) is 12.7. The third kappa shape index (κ3) is 4.57. The molecule has 0 saturated carbocycles. The number of alkyl halides is 6. The van der Waals surface area contributed by atoms with Crippen molar-refractivity contribution in [3.05, 3.63) is 0 Å². The maximum absolute atomic E-state index is 13.1. The van der Waals surface area contributed by atoms with E-state index in [2.05, 4.69) is 4.43 Å². The van der Waals surface area contributed by atoms with E-state index in [-0.39, 0.29) is 19.8 Å². The second-order valence-corrected chi connectivity index (χ2v) is 6.15. The van der Waals surface area contributed by atoms with E-state index in [1.54, 1.807) is 0 Å². The van der Waals surface area contributed by atoms with Gasteiger partial charge >= 0.3 is 21.4 Å². The standard InChI is InChI=1S/C11H20F6O4Si/c1-5-9(10(12,13)14,11(15,16)17)21-22(18-6-2,19-7-3)20-8-4/h5-8H2,1-4H3. The first kappa shape index (κ1) is 21.6. The lowest BCUT2D eigenvalue weighted by Crippen LogP contribution is -2.66. The van der Waals surface area contributed by atoms with Crippen LogP contribution in [-0.4, -0.2) is 46.8 Å². The molecule has 0 fully saturated rings. The van der Waals surface area contributed by atoms with Crippen molar-refractivity contribution in [2.75, 3.05) is 19.8 Å². The maximum Gasteiger partial charge on any atom is 0.680 e. The molecule has 0 bridgehead atoms. The molecule has 0 unspecified atom stereocenters. The summed E-state index contributed by atoms with van der Waals surface area (Å²) in [4.78, 5) is 0. The van der Waals surface area contributed by atoms with E-state index < -0.39 is 33.4 Å². The minimum absolute atomic E-state index is 0.221. The van der Waals surface area contributed by atoms with Crippen LogP contribution in [0.5, 0.6) is 0 Å². The smallest absolute Gasteiger partial charge is 0.351 e. The van der Waals surface area contributed by atoms with Gasteiger partial charge in [-0.2, -0.15) is 26.3 Å². The average molecular weight is 358 g/mol. The Labute approximate surface area is 126 Å². The Hall–Kier alpha value is -0.363. The molecule has 0 spiro atoms. The van der Waals surface area contributed by atoms with E-state index >= 15 is 0 Å². The summed E-state index contributed by atoms with van der Waals surface area (Å²) >= 11 is 0. The van der Waals surface area contributed by atoms with Gasteiger partial charge in [0.25, 0.3) is 5.60 Å². The zero-order chi connectivity index (χ0) is 17.7. The van der Waals surface area contributed by atoms with Crippen LogP contribution in [-0.2, 0) is 17.7 Å². The van der Waals surface area contributed by atoms with Gasteiger partial charge in [-0.1, -0.05) is 6.92 Å². The first-order valence-electron chi connectivity index (χ1n) is 6.70. The topological polar surface area (TPSA) is 36.9 Å². The van der Waals surface area contributed by atoms with Crippen LogP contribution >= 0.6 is 0 Å². The van der Waals surface area contributed by atoms with Gasteiger partial charge in [0.15, 0.2) is 0 Å². The molecule has 0 saturated heterocycles. The Morgan fingerprint density at radius 1 is 0.682 bits per heavy atom. The van der Waals surface area contributed by atoms with Crippen molar-refractivity contribution in [3.63, 3.8) is 0 Å². The Morgan fingerprint density at radius 3 is 1.18 bits per heavy atom. The summed E-state index contributed by atoms with van der Waals surface area (Å²) in [5.74, 6) is 0. The molecule has 0 aliphatic rings. The number of rotatable bonds is 9. The van der Waals surface area contributed by atoms with E-state index in [0.29, 0.717) is 0 Å². The lowest BCUT2D eigenvalue weighted by atomic mass is 10.00. The van der Waals surface area contributed by atoms with Crippen molar-refractivity contribution in [2.45, 2.75) is 52.1 Å². The highest BCUT2D eigenvalue weighted by molar-refractivity contribution is 6.53. The summed E-state index contributed by atoms with van der Waals surface area (Å²) in [6, 6.07) is 0. The minimum Gasteiger partial charge on any atom is -0.351 e. The third-order valence-electron chi connectivity index (χ3n) is 2.68. The lowest BCUT2D eigenvalue weighted by Gasteiger charge is -2.41. The molecule has 0 aromatic heterocycles. The summed E-state index contributed by atoms with van der Waals surface area (Å²) in [5, 5.41) is 0. The molecule has 22 heavy (non-hydrogen) atoms. The van der Waals surface area contributed by atoms with E-state index in [1.165, 1.54) is 20.8 Å². The fourth-order valence-electron chi connectivity index (χ4n) is 1.71. The van der Waals surface area contributed by atoms with Gasteiger partial charge in [-0.25, -0.2) is 0 Å². The highest BCUT2D eigenvalue weighted by Gasteiger charge is 2.75. The van der Waals surface area contributed by atoms with E-state index in [9.17, 15) is 26.3 Å². The van der Waals surface area contributed by atoms with Crippen molar-refractivity contribution in [1.82, 2.24) is 0 Å². The molecule has 0 aliphatic carbocycles. The Morgan fingerprint density at radius 2 is 1.00 bits per heavy atom. The van der Waals surface area contributed by atoms with Crippen molar-refractivity contribution in [1.29, 1.82) is 0 Å². The molecule has 0 N–H and O–H groups in total. The van der Waals surface area contributed by atoms with Crippen molar-refractivity contribution < 1.29 is 44.0 Å². The molecule has 4 nitrogen and oxygen atoms in total. The fourth-order valence-corrected chi connectivity index (χ4v) is 4.00. The minimum atomic E-state index is -5.70. The molecular formula is C11H20F6O4Si. The van der Waals surface area contributed by atoms with Gasteiger partial charge in [0, 0.05) is 19.8 Å². The number of halogens is 6. The van der Waals surface area contributed by atoms with Gasteiger partial charge in [-0.15, -0.1) is 0 Å². The number of hydrogen-bond donors (Lipinski definition) is 0. The van der Waals surface area contributed by atoms with Crippen molar-refractivity contribution in [3.8, 4) is 0 Å². The summed E-state index contributed by atoms with van der Waals surface area (Å²) in [7, 11) is -4.61. The van der Waals surface area contributed by atoms with Gasteiger partial charge in [0.2, 0.25) is 0 Å². The summed E-state index contributed by atoms with van der Waals surface area (Å²) in [6.45, 7) is 4.23. The van der Waals surface area contributed by atoms with Crippen LogP contribution < -0.4 is 0 Å². The first-order chi connectivity index (χ1) is 9.95. The van der Waals surface area contributed by atoms with E-state index in [1.807, 2.05) is 0 Å². The fraction of sp³-hybridized carbons (Fsp3) is 1.00. The molecule has 0 rings (SSSR count). The van der Waals surface area contributed by atoms with Crippen LogP contribution in [0.15, 0.2) is 0 Å². The summed E-state index contributed by atoms with van der Waals surface area (Å²) in [5.41, 5.74) is -4.41. The average Bonchev–Trinajstić information content (AvgIpc) is 2.34. The van der Waals surface area contributed by atoms with Crippen molar-refractivity contribution >= 4 is 9.05 Å². The van der Waals surface area contributed by atoms with Crippen LogP contribution in [0.3, 0.4) is 0 Å². The first-order valence-corrected chi connectivity index (χ1v) is 8.34. The lowest BCUT2D eigenvalue weighted by molar-refractivity contribution is -0.372. The molecule has 0 radical (unpaired) electrons. The normalized spacial score (nSPS) is 14.5. The molecular weight excluding hydrogens is 338 g/mol. The molecule has 0 heterocycles. The highest BCUT2D eigenvalue weighted by Crippen LogP contribution is 2.49. The third-order valence-corrected chi connectivity index (χ3v) is 5.20.